The van der Waals surface area contributed by atoms with E-state index in [2.05, 4.69) is 10.6 Å². The summed E-state index contributed by atoms with van der Waals surface area (Å²) in [4.78, 5) is 41.3. The van der Waals surface area contributed by atoms with Crippen molar-refractivity contribution in [2.75, 3.05) is 44.5 Å². The zero-order valence-electron chi connectivity index (χ0n) is 21.2. The Hall–Kier alpha value is -3.66. The highest BCUT2D eigenvalue weighted by atomic mass is 19.1. The third kappa shape index (κ3) is 6.51. The van der Waals surface area contributed by atoms with Crippen LogP contribution in [-0.2, 0) is 9.53 Å². The highest BCUT2D eigenvalue weighted by molar-refractivity contribution is 6.01. The molecule has 0 unspecified atom stereocenters. The summed E-state index contributed by atoms with van der Waals surface area (Å²) >= 11 is 0. The van der Waals surface area contributed by atoms with Gasteiger partial charge in [0.25, 0.3) is 5.91 Å². The van der Waals surface area contributed by atoms with Crippen molar-refractivity contribution in [1.82, 2.24) is 9.80 Å². The number of benzene rings is 2. The number of nitrogens with one attached hydrogen (secondary N) is 2. The summed E-state index contributed by atoms with van der Waals surface area (Å²) in [6, 6.07) is 9.58. The molecule has 194 valence electrons. The van der Waals surface area contributed by atoms with Crippen molar-refractivity contribution in [3.05, 3.63) is 53.8 Å². The topological polar surface area (TPSA) is 100 Å². The molecule has 2 aromatic carbocycles. The van der Waals surface area contributed by atoms with E-state index in [1.165, 1.54) is 31.2 Å². The number of methoxy groups -OCH3 is 1. The van der Waals surface area contributed by atoms with Gasteiger partial charge in [-0.25, -0.2) is 9.18 Å². The van der Waals surface area contributed by atoms with Crippen LogP contribution in [0.15, 0.2) is 42.5 Å². The van der Waals surface area contributed by atoms with Crippen LogP contribution in [0.1, 0.15) is 31.1 Å². The first kappa shape index (κ1) is 26.9. The smallest absolute Gasteiger partial charge is 0.323 e. The van der Waals surface area contributed by atoms with Crippen LogP contribution in [0.4, 0.5) is 20.6 Å². The van der Waals surface area contributed by atoms with Crippen molar-refractivity contribution < 1.29 is 28.2 Å². The SMILES string of the molecule is CO[C@@H]1CN(C)C(=O)c2ccc(NC(=O)Nc3ccccc3F)cc2OC[C@@H](C)N(C(C)=O)C[C@H]1C. The summed E-state index contributed by atoms with van der Waals surface area (Å²) in [7, 11) is 3.27. The van der Waals surface area contributed by atoms with Gasteiger partial charge >= 0.3 is 6.03 Å². The van der Waals surface area contributed by atoms with Gasteiger partial charge in [0.2, 0.25) is 5.91 Å². The molecular weight excluding hydrogens is 467 g/mol. The van der Waals surface area contributed by atoms with Crippen LogP contribution in [0.25, 0.3) is 0 Å². The second-order valence-electron chi connectivity index (χ2n) is 9.04. The number of likely N-dealkylation sites (N-methyl/N-ethyl adjacent to an activating group) is 1. The molecule has 3 rings (SSSR count). The normalized spacial score (nSPS) is 20.9. The summed E-state index contributed by atoms with van der Waals surface area (Å²) in [6.45, 7) is 6.28. The average molecular weight is 501 g/mol. The monoisotopic (exact) mass is 500 g/mol. The first-order valence-electron chi connectivity index (χ1n) is 11.8. The molecule has 0 aromatic heterocycles. The van der Waals surface area contributed by atoms with E-state index in [-0.39, 0.29) is 47.9 Å². The zero-order chi connectivity index (χ0) is 26.4. The summed E-state index contributed by atoms with van der Waals surface area (Å²) in [5, 5.41) is 5.09. The Kier molecular flexibility index (Phi) is 8.87. The number of para-hydroxylation sites is 1. The summed E-state index contributed by atoms with van der Waals surface area (Å²) in [5.74, 6) is -0.675. The molecule has 10 heteroatoms. The van der Waals surface area contributed by atoms with Gasteiger partial charge in [-0.1, -0.05) is 19.1 Å². The molecule has 2 aromatic rings. The number of anilines is 2. The Morgan fingerprint density at radius 1 is 1.11 bits per heavy atom. The number of hydrogen-bond donors (Lipinski definition) is 2. The van der Waals surface area contributed by atoms with E-state index in [4.69, 9.17) is 9.47 Å². The van der Waals surface area contributed by atoms with Crippen molar-refractivity contribution in [2.45, 2.75) is 32.9 Å². The lowest BCUT2D eigenvalue weighted by Crippen LogP contribution is -2.48. The predicted octanol–water partition coefficient (Wildman–Crippen LogP) is 3.82. The van der Waals surface area contributed by atoms with E-state index < -0.39 is 11.8 Å². The van der Waals surface area contributed by atoms with E-state index in [9.17, 15) is 18.8 Å². The van der Waals surface area contributed by atoms with Crippen molar-refractivity contribution >= 4 is 29.2 Å². The molecule has 1 heterocycles. The van der Waals surface area contributed by atoms with E-state index in [0.717, 1.165) is 0 Å². The fraction of sp³-hybridized carbons (Fsp3) is 0.423. The van der Waals surface area contributed by atoms with Crippen molar-refractivity contribution in [2.24, 2.45) is 5.92 Å². The number of urea groups is 1. The molecule has 2 N–H and O–H groups in total. The van der Waals surface area contributed by atoms with Crippen molar-refractivity contribution in [3.63, 3.8) is 0 Å². The van der Waals surface area contributed by atoms with Crippen LogP contribution in [0.5, 0.6) is 5.75 Å². The second kappa shape index (κ2) is 11.9. The molecule has 0 spiro atoms. The highest BCUT2D eigenvalue weighted by Gasteiger charge is 2.29. The van der Waals surface area contributed by atoms with Crippen LogP contribution >= 0.6 is 0 Å². The van der Waals surface area contributed by atoms with Gasteiger partial charge in [-0.15, -0.1) is 0 Å². The number of carbonyl (C=O) groups excluding carboxylic acids is 3. The third-order valence-electron chi connectivity index (χ3n) is 6.23. The number of fused-ring (bicyclic) bond motifs is 1. The van der Waals surface area contributed by atoms with Crippen LogP contribution in [0.3, 0.4) is 0 Å². The Balaban J connectivity index is 1.88. The first-order chi connectivity index (χ1) is 17.1. The number of hydrogen-bond acceptors (Lipinski definition) is 5. The molecular formula is C26H33FN4O5. The standard InChI is InChI=1S/C26H33FN4O5/c1-16-13-31(18(3)32)17(2)15-36-23-12-19(28-26(34)29-22-9-7-6-8-21(22)27)10-11-20(23)25(33)30(4)14-24(16)35-5/h6-12,16-17,24H,13-15H2,1-5H3,(H2,28,29,34)/t16-,17-,24-/m1/s1. The lowest BCUT2D eigenvalue weighted by molar-refractivity contribution is -0.133. The summed E-state index contributed by atoms with van der Waals surface area (Å²) < 4.78 is 25.5. The molecule has 9 nitrogen and oxygen atoms in total. The van der Waals surface area contributed by atoms with Gasteiger partial charge < -0.3 is 29.9 Å². The molecule has 0 radical (unpaired) electrons. The molecule has 0 aliphatic carbocycles. The second-order valence-corrected chi connectivity index (χ2v) is 9.04. The lowest BCUT2D eigenvalue weighted by atomic mass is 10.0. The summed E-state index contributed by atoms with van der Waals surface area (Å²) in [6.07, 6.45) is -0.278. The number of rotatable bonds is 3. The van der Waals surface area contributed by atoms with E-state index in [1.807, 2.05) is 13.8 Å². The summed E-state index contributed by atoms with van der Waals surface area (Å²) in [5.41, 5.74) is 0.696. The Morgan fingerprint density at radius 3 is 2.50 bits per heavy atom. The molecule has 3 atom stereocenters. The zero-order valence-corrected chi connectivity index (χ0v) is 21.2. The van der Waals surface area contributed by atoms with Crippen LogP contribution in [0, 0.1) is 11.7 Å². The van der Waals surface area contributed by atoms with Crippen LogP contribution in [0.2, 0.25) is 0 Å². The molecule has 36 heavy (non-hydrogen) atoms. The highest BCUT2D eigenvalue weighted by Crippen LogP contribution is 2.27. The quantitative estimate of drug-likeness (QED) is 0.668. The van der Waals surface area contributed by atoms with Crippen molar-refractivity contribution in [1.29, 1.82) is 0 Å². The van der Waals surface area contributed by atoms with E-state index in [1.54, 1.807) is 42.2 Å². The number of ether oxygens (including phenoxy) is 2. The molecule has 0 fully saturated rings. The first-order valence-corrected chi connectivity index (χ1v) is 11.8. The van der Waals surface area contributed by atoms with Gasteiger partial charge in [0.15, 0.2) is 0 Å². The number of nitrogens with zero attached hydrogens (tertiary/aromatic N) is 2. The average Bonchev–Trinajstić information content (AvgIpc) is 2.84. The van der Waals surface area contributed by atoms with Crippen molar-refractivity contribution in [3.8, 4) is 5.75 Å². The van der Waals surface area contributed by atoms with Gasteiger partial charge in [0.1, 0.15) is 18.2 Å². The molecule has 0 saturated heterocycles. The van der Waals surface area contributed by atoms with Gasteiger partial charge in [0.05, 0.1) is 23.4 Å². The minimum atomic E-state index is -0.648. The maximum atomic E-state index is 13.9. The van der Waals surface area contributed by atoms with Gasteiger partial charge in [-0.3, -0.25) is 9.59 Å². The largest absolute Gasteiger partial charge is 0.491 e. The molecule has 1 aliphatic heterocycles. The molecule has 0 saturated carbocycles. The fourth-order valence-corrected chi connectivity index (χ4v) is 4.14. The van der Waals surface area contributed by atoms with Gasteiger partial charge in [-0.2, -0.15) is 0 Å². The molecule has 0 bridgehead atoms. The lowest BCUT2D eigenvalue weighted by Gasteiger charge is -2.35. The molecule has 4 amide bonds. The maximum absolute atomic E-state index is 13.9. The van der Waals surface area contributed by atoms with Gasteiger partial charge in [0, 0.05) is 51.8 Å². The molecule has 1 aliphatic rings. The van der Waals surface area contributed by atoms with E-state index >= 15 is 0 Å². The predicted molar refractivity (Wildman–Crippen MR) is 135 cm³/mol. The number of halogens is 1. The third-order valence-corrected chi connectivity index (χ3v) is 6.23. The Bertz CT molecular complexity index is 1110. The Labute approximate surface area is 210 Å². The minimum Gasteiger partial charge on any atom is -0.491 e. The van der Waals surface area contributed by atoms with Gasteiger partial charge in [-0.05, 0) is 31.2 Å². The Morgan fingerprint density at radius 2 is 1.83 bits per heavy atom. The van der Waals surface area contributed by atoms with E-state index in [0.29, 0.717) is 24.3 Å². The maximum Gasteiger partial charge on any atom is 0.323 e. The van der Waals surface area contributed by atoms with Crippen LogP contribution < -0.4 is 15.4 Å². The van der Waals surface area contributed by atoms with Crippen LogP contribution in [-0.4, -0.2) is 73.6 Å². The fourth-order valence-electron chi connectivity index (χ4n) is 4.14. The number of carbonyl (C=O) groups is 3. The number of amides is 4. The minimum absolute atomic E-state index is 0.0185.